The highest BCUT2D eigenvalue weighted by Gasteiger charge is 2.36. The number of anilines is 1. The molecule has 23 heavy (non-hydrogen) atoms. The Bertz CT molecular complexity index is 946. The van der Waals surface area contributed by atoms with E-state index in [9.17, 15) is 22.4 Å². The van der Waals surface area contributed by atoms with Crippen LogP contribution in [0.5, 0.6) is 0 Å². The second kappa shape index (κ2) is 5.27. The number of hydrogen-bond acceptors (Lipinski definition) is 6. The number of fused-ring (bicyclic) bond motifs is 1. The molecule has 8 nitrogen and oxygen atoms in total. The van der Waals surface area contributed by atoms with Crippen LogP contribution in [-0.4, -0.2) is 41.2 Å². The van der Waals surface area contributed by atoms with Crippen LogP contribution >= 0.6 is 0 Å². The van der Waals surface area contributed by atoms with Crippen LogP contribution < -0.4 is 4.90 Å². The predicted molar refractivity (Wildman–Crippen MR) is 77.8 cm³/mol. The van der Waals surface area contributed by atoms with Gasteiger partial charge in [0.15, 0.2) is 11.5 Å². The van der Waals surface area contributed by atoms with Crippen molar-refractivity contribution in [1.29, 1.82) is 5.26 Å². The summed E-state index contributed by atoms with van der Waals surface area (Å²) >= 11 is 0. The van der Waals surface area contributed by atoms with E-state index in [0.717, 1.165) is 0 Å². The van der Waals surface area contributed by atoms with E-state index < -0.39 is 21.9 Å². The maximum absolute atomic E-state index is 12.9. The molecule has 120 valence electrons. The normalized spacial score (nSPS) is 18.6. The van der Waals surface area contributed by atoms with Crippen molar-refractivity contribution in [1.82, 2.24) is 14.6 Å². The van der Waals surface area contributed by atoms with Gasteiger partial charge in [-0.15, -0.1) is 3.89 Å². The molecule has 0 N–H and O–H groups in total. The molecule has 10 heteroatoms. The van der Waals surface area contributed by atoms with Crippen LogP contribution in [0, 0.1) is 24.2 Å². The van der Waals surface area contributed by atoms with E-state index in [4.69, 9.17) is 0 Å². The molecule has 0 radical (unpaired) electrons. The van der Waals surface area contributed by atoms with Gasteiger partial charge < -0.3 is 0 Å². The van der Waals surface area contributed by atoms with Crippen molar-refractivity contribution in [3.8, 4) is 6.07 Å². The lowest BCUT2D eigenvalue weighted by molar-refractivity contribution is -0.117. The van der Waals surface area contributed by atoms with Gasteiger partial charge in [0.05, 0.1) is 17.6 Å². The van der Waals surface area contributed by atoms with Crippen molar-refractivity contribution in [2.24, 2.45) is 5.92 Å². The summed E-state index contributed by atoms with van der Waals surface area (Å²) in [5, 5.41) is 13.5. The summed E-state index contributed by atoms with van der Waals surface area (Å²) in [5.41, 5.74) is 1.26. The number of hydrogen-bond donors (Lipinski definition) is 0. The molecule has 1 unspecified atom stereocenters. The third-order valence-corrected chi connectivity index (χ3v) is 4.47. The smallest absolute Gasteiger partial charge is 0.295 e. The molecule has 1 saturated heterocycles. The molecule has 0 saturated carbocycles. The Balaban J connectivity index is 2.06. The predicted octanol–water partition coefficient (Wildman–Crippen LogP) is 0.562. The first-order valence-corrected chi connectivity index (χ1v) is 8.32. The summed E-state index contributed by atoms with van der Waals surface area (Å²) in [6.45, 7) is 1.75. The summed E-state index contributed by atoms with van der Waals surface area (Å²) < 4.78 is 35.8. The lowest BCUT2D eigenvalue weighted by Gasteiger charge is -2.18. The number of aromatic nitrogens is 3. The Hall–Kier alpha value is -2.54. The third-order valence-electron chi connectivity index (χ3n) is 3.60. The third kappa shape index (κ3) is 2.87. The zero-order valence-corrected chi connectivity index (χ0v) is 12.9. The molecule has 0 aliphatic carbocycles. The van der Waals surface area contributed by atoms with Gasteiger partial charge in [-0.2, -0.15) is 23.3 Å². The van der Waals surface area contributed by atoms with Gasteiger partial charge >= 0.3 is 10.2 Å². The molecule has 3 heterocycles. The highest BCUT2D eigenvalue weighted by Crippen LogP contribution is 2.29. The monoisotopic (exact) mass is 337 g/mol. The van der Waals surface area contributed by atoms with Gasteiger partial charge in [-0.25, -0.2) is 4.98 Å². The Morgan fingerprint density at radius 1 is 1.52 bits per heavy atom. The molecule has 1 amide bonds. The van der Waals surface area contributed by atoms with Gasteiger partial charge in [-0.05, 0) is 6.92 Å². The molecule has 0 aromatic carbocycles. The maximum atomic E-state index is 12.9. The second-order valence-corrected chi connectivity index (χ2v) is 6.85. The molecule has 3 rings (SSSR count). The fourth-order valence-electron chi connectivity index (χ4n) is 2.75. The van der Waals surface area contributed by atoms with Crippen LogP contribution in [0.2, 0.25) is 0 Å². The molecule has 1 aliphatic heterocycles. The summed E-state index contributed by atoms with van der Waals surface area (Å²) in [4.78, 5) is 17.6. The minimum absolute atomic E-state index is 0.00862. The Morgan fingerprint density at radius 3 is 2.91 bits per heavy atom. The second-order valence-electron chi connectivity index (χ2n) is 5.44. The summed E-state index contributed by atoms with van der Waals surface area (Å²) in [7, 11) is -4.67. The van der Waals surface area contributed by atoms with Crippen molar-refractivity contribution in [3.63, 3.8) is 0 Å². The van der Waals surface area contributed by atoms with Crippen molar-refractivity contribution in [2.75, 3.05) is 17.2 Å². The minimum Gasteiger partial charge on any atom is -0.295 e. The number of halogens is 1. The molecule has 2 aromatic rings. The Kier molecular flexibility index (Phi) is 3.52. The number of carbonyl (C=O) groups excluding carboxylic acids is 1. The Labute approximate surface area is 131 Å². The standard InChI is InChI=1S/C13H12FN5O3S/c1-8-2-11-16-5-10(4-15)13(19(11)17-8)18-6-9(3-12(18)20)7-23(14,21)22/h2,5,9H,3,6-7H2,1H3. The van der Waals surface area contributed by atoms with Crippen molar-refractivity contribution in [2.45, 2.75) is 13.3 Å². The first-order chi connectivity index (χ1) is 10.8. The topological polar surface area (TPSA) is 108 Å². The summed E-state index contributed by atoms with van der Waals surface area (Å²) in [6.07, 6.45) is 1.23. The van der Waals surface area contributed by atoms with E-state index in [0.29, 0.717) is 11.3 Å². The summed E-state index contributed by atoms with van der Waals surface area (Å²) in [6, 6.07) is 3.64. The van der Waals surface area contributed by atoms with Crippen molar-refractivity contribution in [3.05, 3.63) is 23.5 Å². The SMILES string of the molecule is Cc1cc2ncc(C#N)c(N3CC(CS(=O)(=O)F)CC3=O)n2n1. The van der Waals surface area contributed by atoms with E-state index in [2.05, 4.69) is 10.1 Å². The van der Waals surface area contributed by atoms with E-state index in [-0.39, 0.29) is 30.3 Å². The highest BCUT2D eigenvalue weighted by molar-refractivity contribution is 7.86. The molecular weight excluding hydrogens is 325 g/mol. The number of amides is 1. The van der Waals surface area contributed by atoms with Crippen molar-refractivity contribution >= 4 is 27.6 Å². The lowest BCUT2D eigenvalue weighted by Crippen LogP contribution is -2.28. The molecule has 0 bridgehead atoms. The quantitative estimate of drug-likeness (QED) is 0.757. The lowest BCUT2D eigenvalue weighted by atomic mass is 10.1. The number of rotatable bonds is 3. The van der Waals surface area contributed by atoms with E-state index >= 15 is 0 Å². The molecule has 2 aromatic heterocycles. The van der Waals surface area contributed by atoms with Gasteiger partial charge in [0.1, 0.15) is 11.6 Å². The number of aryl methyl sites for hydroxylation is 1. The largest absolute Gasteiger partial charge is 0.302 e. The molecular formula is C13H12FN5O3S. The van der Waals surface area contributed by atoms with E-state index in [1.807, 2.05) is 6.07 Å². The highest BCUT2D eigenvalue weighted by atomic mass is 32.3. The maximum Gasteiger partial charge on any atom is 0.302 e. The van der Waals surface area contributed by atoms with Gasteiger partial charge in [-0.1, -0.05) is 0 Å². The zero-order valence-electron chi connectivity index (χ0n) is 12.1. The fraction of sp³-hybridized carbons (Fsp3) is 0.385. The van der Waals surface area contributed by atoms with Gasteiger partial charge in [0.25, 0.3) is 0 Å². The van der Waals surface area contributed by atoms with Crippen LogP contribution in [-0.2, 0) is 15.0 Å². The molecule has 1 atom stereocenters. The van der Waals surface area contributed by atoms with Gasteiger partial charge in [0, 0.05) is 24.9 Å². The Morgan fingerprint density at radius 2 is 2.26 bits per heavy atom. The average molecular weight is 337 g/mol. The average Bonchev–Trinajstić information content (AvgIpc) is 2.97. The number of nitriles is 1. The van der Waals surface area contributed by atoms with Crippen LogP contribution in [0.25, 0.3) is 5.65 Å². The minimum atomic E-state index is -4.67. The summed E-state index contributed by atoms with van der Waals surface area (Å²) in [5.74, 6) is -1.53. The molecule has 1 fully saturated rings. The van der Waals surface area contributed by atoms with Crippen LogP contribution in [0.15, 0.2) is 12.3 Å². The van der Waals surface area contributed by atoms with E-state index in [1.165, 1.54) is 15.6 Å². The van der Waals surface area contributed by atoms with Crippen LogP contribution in [0.3, 0.4) is 0 Å². The van der Waals surface area contributed by atoms with Gasteiger partial charge in [-0.3, -0.25) is 9.69 Å². The molecule has 1 aliphatic rings. The van der Waals surface area contributed by atoms with Crippen LogP contribution in [0.1, 0.15) is 17.7 Å². The van der Waals surface area contributed by atoms with Crippen LogP contribution in [0.4, 0.5) is 9.70 Å². The number of carbonyl (C=O) groups is 1. The van der Waals surface area contributed by atoms with E-state index in [1.54, 1.807) is 13.0 Å². The number of nitrogens with zero attached hydrogens (tertiary/aromatic N) is 5. The van der Waals surface area contributed by atoms with Gasteiger partial charge in [0.2, 0.25) is 5.91 Å². The van der Waals surface area contributed by atoms with Crippen molar-refractivity contribution < 1.29 is 17.1 Å². The first-order valence-electron chi connectivity index (χ1n) is 6.76. The molecule has 0 spiro atoms. The zero-order chi connectivity index (χ0) is 16.8. The fourth-order valence-corrected chi connectivity index (χ4v) is 3.54. The first kappa shape index (κ1) is 15.4.